The predicted octanol–water partition coefficient (Wildman–Crippen LogP) is 4.61. The van der Waals surface area contributed by atoms with Crippen LogP contribution < -0.4 is 0 Å². The zero-order chi connectivity index (χ0) is 18.7. The lowest BCUT2D eigenvalue weighted by atomic mass is 9.80. The SMILES string of the molecule is CCc1ccc(-c2ccc(Cl)nc2)cc1C1=C(O)[C@H]2C3CCC(O3)[C@H]2C1=O. The molecule has 1 aliphatic carbocycles. The molecule has 1 aromatic heterocycles. The minimum Gasteiger partial charge on any atom is -0.511 e. The number of Topliss-reactive ketones (excluding diaryl/α,β-unsaturated/α-hetero) is 1. The van der Waals surface area contributed by atoms with Gasteiger partial charge in [-0.3, -0.25) is 4.79 Å². The van der Waals surface area contributed by atoms with Crippen LogP contribution in [0.4, 0.5) is 0 Å². The standard InChI is InChI=1S/C22H20ClNO3/c1-2-11-3-4-12(13-5-8-17(23)24-10-13)9-14(11)18-21(25)19-15-6-7-16(27-15)20(19)22(18)26/h3-5,8-10,15-16,19-20,25H,2,6-7H2,1H3/t15?,16?,19-,20+/m0/s1. The van der Waals surface area contributed by atoms with Crippen molar-refractivity contribution in [2.45, 2.75) is 38.4 Å². The van der Waals surface area contributed by atoms with Gasteiger partial charge in [-0.05, 0) is 54.2 Å². The van der Waals surface area contributed by atoms with E-state index in [1.54, 1.807) is 12.3 Å². The van der Waals surface area contributed by atoms with Crippen molar-refractivity contribution in [3.63, 3.8) is 0 Å². The van der Waals surface area contributed by atoms with Gasteiger partial charge in [-0.2, -0.15) is 0 Å². The first-order chi connectivity index (χ1) is 13.1. The van der Waals surface area contributed by atoms with Crippen molar-refractivity contribution in [3.8, 4) is 11.1 Å². The molecule has 2 unspecified atom stereocenters. The third kappa shape index (κ3) is 2.47. The maximum atomic E-state index is 13.2. The van der Waals surface area contributed by atoms with Gasteiger partial charge in [0.05, 0.1) is 29.6 Å². The molecule has 5 heteroatoms. The van der Waals surface area contributed by atoms with Crippen LogP contribution >= 0.6 is 11.6 Å². The van der Waals surface area contributed by atoms with Crippen LogP contribution in [0.2, 0.25) is 5.15 Å². The van der Waals surface area contributed by atoms with E-state index in [0.717, 1.165) is 41.5 Å². The molecule has 5 rings (SSSR count). The Morgan fingerprint density at radius 3 is 2.56 bits per heavy atom. The fraction of sp³-hybridized carbons (Fsp3) is 0.364. The maximum absolute atomic E-state index is 13.2. The monoisotopic (exact) mass is 381 g/mol. The second-order valence-electron chi connectivity index (χ2n) is 7.56. The van der Waals surface area contributed by atoms with Gasteiger partial charge >= 0.3 is 0 Å². The van der Waals surface area contributed by atoms with Crippen molar-refractivity contribution in [2.24, 2.45) is 11.8 Å². The van der Waals surface area contributed by atoms with Gasteiger partial charge in [-0.1, -0.05) is 30.7 Å². The normalized spacial score (nSPS) is 28.9. The lowest BCUT2D eigenvalue weighted by Gasteiger charge is -2.19. The fourth-order valence-corrected chi connectivity index (χ4v) is 5.04. The molecule has 0 radical (unpaired) electrons. The minimum atomic E-state index is -0.218. The van der Waals surface area contributed by atoms with Crippen molar-refractivity contribution in [1.29, 1.82) is 0 Å². The maximum Gasteiger partial charge on any atom is 0.173 e. The molecular weight excluding hydrogens is 362 g/mol. The van der Waals surface area contributed by atoms with Crippen LogP contribution in [-0.4, -0.2) is 28.1 Å². The molecule has 1 N–H and O–H groups in total. The zero-order valence-corrected chi connectivity index (χ0v) is 15.7. The Bertz CT molecular complexity index is 966. The molecule has 138 valence electrons. The lowest BCUT2D eigenvalue weighted by molar-refractivity contribution is -0.118. The molecule has 3 heterocycles. The Labute approximate surface area is 162 Å². The van der Waals surface area contributed by atoms with Gasteiger partial charge in [0.25, 0.3) is 0 Å². The van der Waals surface area contributed by atoms with Crippen LogP contribution in [0.25, 0.3) is 16.7 Å². The van der Waals surface area contributed by atoms with Crippen LogP contribution in [0.3, 0.4) is 0 Å². The number of allylic oxidation sites excluding steroid dienone is 1. The van der Waals surface area contributed by atoms with E-state index >= 15 is 0 Å². The summed E-state index contributed by atoms with van der Waals surface area (Å²) < 4.78 is 5.89. The van der Waals surface area contributed by atoms with Gasteiger partial charge in [0, 0.05) is 11.8 Å². The summed E-state index contributed by atoms with van der Waals surface area (Å²) in [6.07, 6.45) is 4.29. The van der Waals surface area contributed by atoms with Gasteiger partial charge in [0.2, 0.25) is 0 Å². The van der Waals surface area contributed by atoms with E-state index in [9.17, 15) is 9.90 Å². The van der Waals surface area contributed by atoms with Crippen LogP contribution in [0.15, 0.2) is 42.3 Å². The third-order valence-corrected chi connectivity index (χ3v) is 6.44. The molecule has 2 bridgehead atoms. The average Bonchev–Trinajstić information content (AvgIpc) is 3.36. The third-order valence-electron chi connectivity index (χ3n) is 6.22. The summed E-state index contributed by atoms with van der Waals surface area (Å²) in [6, 6.07) is 9.72. The Morgan fingerprint density at radius 1 is 1.15 bits per heavy atom. The first-order valence-corrected chi connectivity index (χ1v) is 9.84. The number of nitrogens with zero attached hydrogens (tertiary/aromatic N) is 1. The molecule has 0 spiro atoms. The molecule has 2 aromatic rings. The van der Waals surface area contributed by atoms with E-state index in [-0.39, 0.29) is 35.6 Å². The van der Waals surface area contributed by atoms with Gasteiger partial charge in [-0.15, -0.1) is 0 Å². The summed E-state index contributed by atoms with van der Waals surface area (Å²) in [5.74, 6) is -0.134. The zero-order valence-electron chi connectivity index (χ0n) is 15.0. The van der Waals surface area contributed by atoms with Crippen LogP contribution in [0.1, 0.15) is 30.9 Å². The fourth-order valence-electron chi connectivity index (χ4n) is 4.93. The van der Waals surface area contributed by atoms with E-state index < -0.39 is 0 Å². The Morgan fingerprint density at radius 2 is 1.89 bits per heavy atom. The largest absolute Gasteiger partial charge is 0.511 e. The molecule has 3 aliphatic rings. The van der Waals surface area contributed by atoms with E-state index in [1.807, 2.05) is 24.3 Å². The number of benzene rings is 1. The van der Waals surface area contributed by atoms with E-state index in [1.165, 1.54) is 0 Å². The highest BCUT2D eigenvalue weighted by atomic mass is 35.5. The average molecular weight is 382 g/mol. The van der Waals surface area contributed by atoms with Crippen LogP contribution in [0.5, 0.6) is 0 Å². The first-order valence-electron chi connectivity index (χ1n) is 9.46. The van der Waals surface area contributed by atoms with E-state index in [0.29, 0.717) is 10.7 Å². The number of aliphatic hydroxyl groups excluding tert-OH is 1. The topological polar surface area (TPSA) is 59.4 Å². The van der Waals surface area contributed by atoms with Crippen molar-refractivity contribution in [2.75, 3.05) is 0 Å². The highest BCUT2D eigenvalue weighted by Crippen LogP contribution is 2.53. The number of aromatic nitrogens is 1. The molecule has 4 atom stereocenters. The summed E-state index contributed by atoms with van der Waals surface area (Å²) in [4.78, 5) is 17.4. The van der Waals surface area contributed by atoms with Gasteiger partial charge in [-0.25, -0.2) is 4.98 Å². The number of halogens is 1. The van der Waals surface area contributed by atoms with Crippen LogP contribution in [-0.2, 0) is 16.0 Å². The molecule has 2 saturated heterocycles. The van der Waals surface area contributed by atoms with E-state index in [2.05, 4.69) is 11.9 Å². The summed E-state index contributed by atoms with van der Waals surface area (Å²) in [7, 11) is 0. The van der Waals surface area contributed by atoms with E-state index in [4.69, 9.17) is 16.3 Å². The Kier molecular flexibility index (Phi) is 3.88. The number of ether oxygens (including phenoxy) is 1. The number of carbonyl (C=O) groups excluding carboxylic acids is 1. The minimum absolute atomic E-state index is 0.0184. The molecular formula is C22H20ClNO3. The number of aryl methyl sites for hydroxylation is 1. The number of carbonyl (C=O) groups is 1. The number of hydrogen-bond acceptors (Lipinski definition) is 4. The van der Waals surface area contributed by atoms with Gasteiger partial charge < -0.3 is 9.84 Å². The summed E-state index contributed by atoms with van der Waals surface area (Å²) in [5.41, 5.74) is 4.27. The number of ketones is 1. The van der Waals surface area contributed by atoms with Gasteiger partial charge in [0.15, 0.2) is 5.78 Å². The smallest absolute Gasteiger partial charge is 0.173 e. The van der Waals surface area contributed by atoms with Crippen molar-refractivity contribution < 1.29 is 14.6 Å². The Balaban J connectivity index is 1.63. The predicted molar refractivity (Wildman–Crippen MR) is 103 cm³/mol. The van der Waals surface area contributed by atoms with Crippen molar-refractivity contribution in [3.05, 3.63) is 58.6 Å². The number of pyridine rings is 1. The molecule has 0 saturated carbocycles. The molecule has 2 fully saturated rings. The molecule has 0 amide bonds. The number of aliphatic hydroxyl groups is 1. The number of fused-ring (bicyclic) bond motifs is 5. The van der Waals surface area contributed by atoms with Crippen LogP contribution in [0, 0.1) is 11.8 Å². The number of rotatable bonds is 3. The second kappa shape index (κ2) is 6.18. The molecule has 27 heavy (non-hydrogen) atoms. The quantitative estimate of drug-likeness (QED) is 0.789. The van der Waals surface area contributed by atoms with Crippen molar-refractivity contribution >= 4 is 23.0 Å². The first kappa shape index (κ1) is 17.0. The second-order valence-corrected chi connectivity index (χ2v) is 7.95. The Hall–Kier alpha value is -2.17. The molecule has 1 aromatic carbocycles. The summed E-state index contributed by atoms with van der Waals surface area (Å²) in [6.45, 7) is 2.06. The summed E-state index contributed by atoms with van der Waals surface area (Å²) >= 11 is 5.90. The molecule has 4 nitrogen and oxygen atoms in total. The highest BCUT2D eigenvalue weighted by Gasteiger charge is 2.59. The molecule has 2 aliphatic heterocycles. The highest BCUT2D eigenvalue weighted by molar-refractivity contribution is 6.29. The van der Waals surface area contributed by atoms with Gasteiger partial charge in [0.1, 0.15) is 10.9 Å². The summed E-state index contributed by atoms with van der Waals surface area (Å²) in [5, 5.41) is 11.4. The lowest BCUT2D eigenvalue weighted by Crippen LogP contribution is -2.29. The number of hydrogen-bond donors (Lipinski definition) is 1. The van der Waals surface area contributed by atoms with Crippen molar-refractivity contribution in [1.82, 2.24) is 4.98 Å².